The largest absolute Gasteiger partial charge is 0.484 e. The molecule has 2 heterocycles. The molecule has 9 heteroatoms. The summed E-state index contributed by atoms with van der Waals surface area (Å²) < 4.78 is 10.8. The predicted molar refractivity (Wildman–Crippen MR) is 114 cm³/mol. The summed E-state index contributed by atoms with van der Waals surface area (Å²) in [5.41, 5.74) is 0.776. The first kappa shape index (κ1) is 21.7. The van der Waals surface area contributed by atoms with Gasteiger partial charge in [-0.1, -0.05) is 47.5 Å². The van der Waals surface area contributed by atoms with Gasteiger partial charge in [0.2, 0.25) is 5.91 Å². The molecule has 1 fully saturated rings. The molecule has 2 unspecified atom stereocenters. The molecule has 1 aromatic rings. The van der Waals surface area contributed by atoms with Crippen LogP contribution in [0.3, 0.4) is 0 Å². The highest BCUT2D eigenvalue weighted by Crippen LogP contribution is 2.40. The van der Waals surface area contributed by atoms with Gasteiger partial charge in [0, 0.05) is 5.33 Å². The molecule has 0 aliphatic carbocycles. The summed E-state index contributed by atoms with van der Waals surface area (Å²) in [6, 6.07) is 7.54. The smallest absolute Gasteiger partial charge is 0.333 e. The second kappa shape index (κ2) is 10.2. The molecule has 2 amide bonds. The van der Waals surface area contributed by atoms with Gasteiger partial charge in [0.25, 0.3) is 5.91 Å². The third-order valence-corrected chi connectivity index (χ3v) is 6.48. The topological polar surface area (TPSA) is 84.9 Å². The molecule has 2 aliphatic rings. The minimum atomic E-state index is -0.751. The van der Waals surface area contributed by atoms with Gasteiger partial charge in [-0.25, -0.2) is 4.79 Å². The Morgan fingerprint density at radius 2 is 2.03 bits per heavy atom. The maximum absolute atomic E-state index is 12.7. The average molecular weight is 483 g/mol. The van der Waals surface area contributed by atoms with Gasteiger partial charge in [0.15, 0.2) is 12.6 Å². The molecule has 3 atom stereocenters. The number of rotatable bonds is 9. The molecule has 0 saturated carbocycles. The molecular formula is C20H23BrN2O5S. The highest BCUT2D eigenvalue weighted by Gasteiger charge is 2.56. The SMILES string of the molecule is CCCCOC(=O)C1C(CBr)=CS[C@H]2C(NC(=O)COc3ccccc3)C(=O)N12. The van der Waals surface area contributed by atoms with Crippen molar-refractivity contribution in [1.82, 2.24) is 10.2 Å². The standard InChI is InChI=1S/C20H23BrN2O5S/c1-2-3-9-27-20(26)17-13(10-21)12-29-19-16(18(25)23(17)19)22-15(24)11-28-14-7-5-4-6-8-14/h4-8,12,16-17,19H,2-3,9-11H2,1H3,(H,22,24)/t16?,17?,19-/m0/s1. The highest BCUT2D eigenvalue weighted by atomic mass is 79.9. The van der Waals surface area contributed by atoms with E-state index in [0.29, 0.717) is 17.7 Å². The number of carbonyl (C=O) groups is 3. The summed E-state index contributed by atoms with van der Waals surface area (Å²) in [7, 11) is 0. The van der Waals surface area contributed by atoms with Crippen molar-refractivity contribution >= 4 is 45.5 Å². The van der Waals surface area contributed by atoms with E-state index in [4.69, 9.17) is 9.47 Å². The molecule has 0 bridgehead atoms. The Balaban J connectivity index is 1.59. The quantitative estimate of drug-likeness (QED) is 0.252. The predicted octanol–water partition coefficient (Wildman–Crippen LogP) is 2.46. The number of benzene rings is 1. The van der Waals surface area contributed by atoms with E-state index in [-0.39, 0.29) is 23.8 Å². The van der Waals surface area contributed by atoms with Crippen LogP contribution in [0.25, 0.3) is 0 Å². The Morgan fingerprint density at radius 3 is 2.72 bits per heavy atom. The normalized spacial score (nSPS) is 22.8. The van der Waals surface area contributed by atoms with Crippen molar-refractivity contribution < 1.29 is 23.9 Å². The van der Waals surface area contributed by atoms with Crippen LogP contribution in [0.2, 0.25) is 0 Å². The summed E-state index contributed by atoms with van der Waals surface area (Å²) in [5, 5.41) is 4.71. The number of β-lactam (4-membered cyclic amide) rings is 1. The Bertz CT molecular complexity index is 788. The van der Waals surface area contributed by atoms with E-state index < -0.39 is 18.1 Å². The summed E-state index contributed by atoms with van der Waals surface area (Å²) in [6.07, 6.45) is 1.69. The number of unbranched alkanes of at least 4 members (excludes halogenated alkanes) is 1. The van der Waals surface area contributed by atoms with E-state index in [1.165, 1.54) is 16.7 Å². The van der Waals surface area contributed by atoms with Crippen molar-refractivity contribution in [3.05, 3.63) is 41.3 Å². The number of nitrogens with zero attached hydrogens (tertiary/aromatic N) is 1. The number of thioether (sulfide) groups is 1. The second-order valence-electron chi connectivity index (χ2n) is 6.67. The zero-order chi connectivity index (χ0) is 20.8. The number of hydrogen-bond acceptors (Lipinski definition) is 6. The molecule has 7 nitrogen and oxygen atoms in total. The van der Waals surface area contributed by atoms with Crippen LogP contribution in [-0.2, 0) is 19.1 Å². The minimum Gasteiger partial charge on any atom is -0.484 e. The maximum Gasteiger partial charge on any atom is 0.333 e. The van der Waals surface area contributed by atoms with Gasteiger partial charge < -0.3 is 19.7 Å². The fourth-order valence-electron chi connectivity index (χ4n) is 3.08. The lowest BCUT2D eigenvalue weighted by Gasteiger charge is -2.51. The van der Waals surface area contributed by atoms with Crippen LogP contribution in [0.5, 0.6) is 5.75 Å². The van der Waals surface area contributed by atoms with E-state index in [1.807, 2.05) is 30.5 Å². The molecule has 3 rings (SSSR count). The van der Waals surface area contributed by atoms with E-state index in [2.05, 4.69) is 21.2 Å². The lowest BCUT2D eigenvalue weighted by Crippen LogP contribution is -2.74. The molecule has 0 radical (unpaired) electrons. The molecular weight excluding hydrogens is 460 g/mol. The molecule has 1 aromatic carbocycles. The molecule has 0 aromatic heterocycles. The number of carbonyl (C=O) groups excluding carboxylic acids is 3. The number of halogens is 1. The number of hydrogen-bond donors (Lipinski definition) is 1. The van der Waals surface area contributed by atoms with Crippen molar-refractivity contribution in [3.63, 3.8) is 0 Å². The van der Waals surface area contributed by atoms with Gasteiger partial charge in [-0.2, -0.15) is 0 Å². The molecule has 156 valence electrons. The summed E-state index contributed by atoms with van der Waals surface area (Å²) >= 11 is 4.79. The van der Waals surface area contributed by atoms with Gasteiger partial charge in [-0.3, -0.25) is 9.59 Å². The van der Waals surface area contributed by atoms with E-state index in [0.717, 1.165) is 18.4 Å². The number of ether oxygens (including phenoxy) is 2. The Hall–Kier alpha value is -2.00. The maximum atomic E-state index is 12.7. The van der Waals surface area contributed by atoms with E-state index in [9.17, 15) is 14.4 Å². The molecule has 1 saturated heterocycles. The molecule has 1 N–H and O–H groups in total. The van der Waals surface area contributed by atoms with Crippen molar-refractivity contribution in [3.8, 4) is 5.75 Å². The lowest BCUT2D eigenvalue weighted by molar-refractivity contribution is -0.163. The van der Waals surface area contributed by atoms with Gasteiger partial charge in [0.1, 0.15) is 17.2 Å². The van der Waals surface area contributed by atoms with Gasteiger partial charge >= 0.3 is 5.97 Å². The monoisotopic (exact) mass is 482 g/mol. The van der Waals surface area contributed by atoms with Crippen LogP contribution >= 0.6 is 27.7 Å². The zero-order valence-electron chi connectivity index (χ0n) is 16.0. The van der Waals surface area contributed by atoms with Crippen LogP contribution in [0, 0.1) is 0 Å². The number of alkyl halides is 1. The third kappa shape index (κ3) is 4.95. The van der Waals surface area contributed by atoms with Crippen LogP contribution in [-0.4, -0.2) is 58.7 Å². The van der Waals surface area contributed by atoms with Crippen LogP contribution in [0.15, 0.2) is 41.3 Å². The van der Waals surface area contributed by atoms with Gasteiger partial charge in [0.05, 0.1) is 6.61 Å². The van der Waals surface area contributed by atoms with Crippen molar-refractivity contribution in [2.75, 3.05) is 18.5 Å². The average Bonchev–Trinajstić information content (AvgIpc) is 2.75. The van der Waals surface area contributed by atoms with E-state index in [1.54, 1.807) is 12.1 Å². The fourth-order valence-corrected chi connectivity index (χ4v) is 4.99. The second-order valence-corrected chi connectivity index (χ2v) is 8.22. The Morgan fingerprint density at radius 1 is 1.28 bits per heavy atom. The first-order chi connectivity index (χ1) is 14.1. The lowest BCUT2D eigenvalue weighted by atomic mass is 9.99. The van der Waals surface area contributed by atoms with Crippen molar-refractivity contribution in [2.24, 2.45) is 0 Å². The Kier molecular flexibility index (Phi) is 7.60. The highest BCUT2D eigenvalue weighted by molar-refractivity contribution is 9.09. The van der Waals surface area contributed by atoms with Crippen LogP contribution in [0.1, 0.15) is 19.8 Å². The number of amides is 2. The van der Waals surface area contributed by atoms with Crippen LogP contribution < -0.4 is 10.1 Å². The summed E-state index contributed by atoms with van der Waals surface area (Å²) in [4.78, 5) is 39.0. The number of esters is 1. The first-order valence-corrected chi connectivity index (χ1v) is 11.5. The first-order valence-electron chi connectivity index (χ1n) is 9.43. The molecule has 2 aliphatic heterocycles. The summed E-state index contributed by atoms with van der Waals surface area (Å²) in [5.74, 6) is -0.527. The summed E-state index contributed by atoms with van der Waals surface area (Å²) in [6.45, 7) is 2.16. The fraction of sp³-hybridized carbons (Fsp3) is 0.450. The number of fused-ring (bicyclic) bond motifs is 1. The third-order valence-electron chi connectivity index (χ3n) is 4.62. The minimum absolute atomic E-state index is 0.184. The van der Waals surface area contributed by atoms with Crippen LogP contribution in [0.4, 0.5) is 0 Å². The molecule has 29 heavy (non-hydrogen) atoms. The Labute approximate surface area is 182 Å². The number of nitrogens with one attached hydrogen (secondary N) is 1. The molecule has 0 spiro atoms. The van der Waals surface area contributed by atoms with Crippen molar-refractivity contribution in [2.45, 2.75) is 37.2 Å². The van der Waals surface area contributed by atoms with Gasteiger partial charge in [-0.15, -0.1) is 11.8 Å². The van der Waals surface area contributed by atoms with Crippen molar-refractivity contribution in [1.29, 1.82) is 0 Å². The number of para-hydroxylation sites is 1. The zero-order valence-corrected chi connectivity index (χ0v) is 18.4. The van der Waals surface area contributed by atoms with E-state index >= 15 is 0 Å². The van der Waals surface area contributed by atoms with Gasteiger partial charge in [-0.05, 0) is 29.5 Å².